The molecule has 0 spiro atoms. The predicted octanol–water partition coefficient (Wildman–Crippen LogP) is 3.90. The minimum atomic E-state index is -4.36. The van der Waals surface area contributed by atoms with Crippen LogP contribution >= 0.6 is 0 Å². The largest absolute Gasteiger partial charge is 0.417 e. The molecule has 1 aromatic heterocycles. The van der Waals surface area contributed by atoms with Gasteiger partial charge in [-0.25, -0.2) is 0 Å². The van der Waals surface area contributed by atoms with Crippen molar-refractivity contribution in [2.75, 3.05) is 0 Å². The molecule has 3 atom stereocenters. The molecule has 0 bridgehead atoms. The van der Waals surface area contributed by atoms with Crippen molar-refractivity contribution in [3.05, 3.63) is 65.5 Å². The van der Waals surface area contributed by atoms with E-state index in [1.165, 1.54) is 11.6 Å². The van der Waals surface area contributed by atoms with Crippen LogP contribution in [0.15, 0.2) is 48.7 Å². The zero-order valence-electron chi connectivity index (χ0n) is 11.2. The van der Waals surface area contributed by atoms with E-state index in [0.717, 1.165) is 18.7 Å². The Morgan fingerprint density at radius 3 is 2.38 bits per heavy atom. The summed E-state index contributed by atoms with van der Waals surface area (Å²) in [6.45, 7) is 0. The Hall–Kier alpha value is -1.88. The zero-order valence-corrected chi connectivity index (χ0v) is 11.2. The van der Waals surface area contributed by atoms with E-state index in [4.69, 9.17) is 5.73 Å². The van der Waals surface area contributed by atoms with Gasteiger partial charge in [-0.1, -0.05) is 30.3 Å². The molecule has 21 heavy (non-hydrogen) atoms. The van der Waals surface area contributed by atoms with E-state index in [9.17, 15) is 13.2 Å². The molecule has 2 nitrogen and oxygen atoms in total. The second-order valence-corrected chi connectivity index (χ2v) is 5.41. The predicted molar refractivity (Wildman–Crippen MR) is 73.5 cm³/mol. The fourth-order valence-electron chi connectivity index (χ4n) is 2.68. The highest BCUT2D eigenvalue weighted by atomic mass is 19.4. The van der Waals surface area contributed by atoms with Crippen molar-refractivity contribution >= 4 is 0 Å². The van der Waals surface area contributed by atoms with Gasteiger partial charge in [0.1, 0.15) is 0 Å². The fourth-order valence-corrected chi connectivity index (χ4v) is 2.68. The SMILES string of the molecule is NC(c1ccc(C(F)(F)F)cn1)C1CC1c1ccccc1. The zero-order chi connectivity index (χ0) is 15.0. The van der Waals surface area contributed by atoms with Gasteiger partial charge in [-0.3, -0.25) is 4.98 Å². The first-order valence-electron chi connectivity index (χ1n) is 6.80. The number of nitrogens with zero attached hydrogens (tertiary/aromatic N) is 1. The number of alkyl halides is 3. The molecule has 3 rings (SSSR count). The summed E-state index contributed by atoms with van der Waals surface area (Å²) in [6, 6.07) is 12.1. The number of aromatic nitrogens is 1. The standard InChI is InChI=1S/C16H15F3N2/c17-16(18,19)11-6-7-14(21-9-11)15(20)13-8-12(13)10-4-2-1-3-5-10/h1-7,9,12-13,15H,8,20H2. The van der Waals surface area contributed by atoms with Gasteiger partial charge in [-0.05, 0) is 36.0 Å². The number of hydrogen-bond acceptors (Lipinski definition) is 2. The number of benzene rings is 1. The molecule has 1 aliphatic rings. The normalized spacial score (nSPS) is 22.9. The number of pyridine rings is 1. The van der Waals surface area contributed by atoms with E-state index in [-0.39, 0.29) is 12.0 Å². The molecule has 0 aliphatic heterocycles. The van der Waals surface area contributed by atoms with Crippen molar-refractivity contribution < 1.29 is 13.2 Å². The lowest BCUT2D eigenvalue weighted by atomic mass is 10.0. The molecule has 1 fully saturated rings. The van der Waals surface area contributed by atoms with Gasteiger partial charge in [0.05, 0.1) is 17.3 Å². The highest BCUT2D eigenvalue weighted by Gasteiger charge is 2.43. The Balaban J connectivity index is 1.71. The molecule has 1 saturated carbocycles. The van der Waals surface area contributed by atoms with Crippen molar-refractivity contribution in [2.24, 2.45) is 11.7 Å². The molecule has 0 radical (unpaired) electrons. The van der Waals surface area contributed by atoms with Crippen LogP contribution in [0.25, 0.3) is 0 Å². The van der Waals surface area contributed by atoms with E-state index in [1.54, 1.807) is 0 Å². The minimum Gasteiger partial charge on any atom is -0.322 e. The first kappa shape index (κ1) is 14.1. The summed E-state index contributed by atoms with van der Waals surface area (Å²) in [5.74, 6) is 0.627. The van der Waals surface area contributed by atoms with Crippen LogP contribution in [0.3, 0.4) is 0 Å². The van der Waals surface area contributed by atoms with Gasteiger partial charge in [0.25, 0.3) is 0 Å². The third-order valence-corrected chi connectivity index (χ3v) is 3.98. The summed E-state index contributed by atoms with van der Waals surface area (Å²) in [5, 5.41) is 0. The topological polar surface area (TPSA) is 38.9 Å². The first-order chi connectivity index (χ1) is 9.97. The molecule has 5 heteroatoms. The average molecular weight is 292 g/mol. The van der Waals surface area contributed by atoms with Crippen LogP contribution in [0, 0.1) is 5.92 Å². The minimum absolute atomic E-state index is 0.247. The Morgan fingerprint density at radius 2 is 1.81 bits per heavy atom. The van der Waals surface area contributed by atoms with Gasteiger partial charge in [0.15, 0.2) is 0 Å². The second-order valence-electron chi connectivity index (χ2n) is 5.41. The van der Waals surface area contributed by atoms with Gasteiger partial charge in [-0.15, -0.1) is 0 Å². The molecule has 0 amide bonds. The lowest BCUT2D eigenvalue weighted by molar-refractivity contribution is -0.137. The molecule has 1 aromatic carbocycles. The molecular formula is C16H15F3N2. The summed E-state index contributed by atoms with van der Waals surface area (Å²) >= 11 is 0. The monoisotopic (exact) mass is 292 g/mol. The summed E-state index contributed by atoms with van der Waals surface area (Å²) < 4.78 is 37.5. The molecular weight excluding hydrogens is 277 g/mol. The maximum Gasteiger partial charge on any atom is 0.417 e. The number of nitrogens with two attached hydrogens (primary N) is 1. The third kappa shape index (κ3) is 2.93. The Labute approximate surface area is 120 Å². The maximum atomic E-state index is 12.5. The lowest BCUT2D eigenvalue weighted by Crippen LogP contribution is -2.16. The molecule has 110 valence electrons. The number of rotatable bonds is 3. The van der Waals surface area contributed by atoms with E-state index < -0.39 is 11.7 Å². The molecule has 1 aliphatic carbocycles. The lowest BCUT2D eigenvalue weighted by Gasteiger charge is -2.12. The van der Waals surface area contributed by atoms with Crippen LogP contribution in [0.4, 0.5) is 13.2 Å². The Morgan fingerprint density at radius 1 is 1.10 bits per heavy atom. The van der Waals surface area contributed by atoms with Crippen LogP contribution in [-0.2, 0) is 6.18 Å². The van der Waals surface area contributed by atoms with Crippen molar-refractivity contribution in [1.29, 1.82) is 0 Å². The molecule has 3 unspecified atom stereocenters. The highest BCUT2D eigenvalue weighted by Crippen LogP contribution is 2.52. The van der Waals surface area contributed by atoms with Crippen LogP contribution in [0.2, 0.25) is 0 Å². The number of halogens is 3. The molecule has 0 saturated heterocycles. The third-order valence-electron chi connectivity index (χ3n) is 3.98. The Bertz CT molecular complexity index is 608. The van der Waals surface area contributed by atoms with Crippen molar-refractivity contribution in [3.63, 3.8) is 0 Å². The van der Waals surface area contributed by atoms with Crippen LogP contribution in [-0.4, -0.2) is 4.98 Å². The van der Waals surface area contributed by atoms with Crippen LogP contribution in [0.5, 0.6) is 0 Å². The van der Waals surface area contributed by atoms with E-state index in [2.05, 4.69) is 17.1 Å². The smallest absolute Gasteiger partial charge is 0.322 e. The van der Waals surface area contributed by atoms with E-state index in [1.807, 2.05) is 18.2 Å². The van der Waals surface area contributed by atoms with Crippen molar-refractivity contribution in [1.82, 2.24) is 4.98 Å². The van der Waals surface area contributed by atoms with Gasteiger partial charge >= 0.3 is 6.18 Å². The van der Waals surface area contributed by atoms with Gasteiger partial charge in [0, 0.05) is 6.20 Å². The summed E-state index contributed by atoms with van der Waals surface area (Å²) in [6.07, 6.45) is -2.55. The van der Waals surface area contributed by atoms with Gasteiger partial charge in [0.2, 0.25) is 0 Å². The first-order valence-corrected chi connectivity index (χ1v) is 6.80. The molecule has 1 heterocycles. The average Bonchev–Trinajstić information content (AvgIpc) is 3.27. The highest BCUT2D eigenvalue weighted by molar-refractivity contribution is 5.29. The number of hydrogen-bond donors (Lipinski definition) is 1. The van der Waals surface area contributed by atoms with E-state index >= 15 is 0 Å². The molecule has 2 N–H and O–H groups in total. The van der Waals surface area contributed by atoms with E-state index in [0.29, 0.717) is 11.6 Å². The van der Waals surface area contributed by atoms with Crippen LogP contribution < -0.4 is 5.73 Å². The molecule has 2 aromatic rings. The van der Waals surface area contributed by atoms with Gasteiger partial charge < -0.3 is 5.73 Å². The Kier molecular flexibility index (Phi) is 3.45. The van der Waals surface area contributed by atoms with Crippen molar-refractivity contribution in [2.45, 2.75) is 24.6 Å². The van der Waals surface area contributed by atoms with Gasteiger partial charge in [-0.2, -0.15) is 13.2 Å². The summed E-state index contributed by atoms with van der Waals surface area (Å²) in [4.78, 5) is 3.89. The summed E-state index contributed by atoms with van der Waals surface area (Å²) in [7, 11) is 0. The maximum absolute atomic E-state index is 12.5. The summed E-state index contributed by atoms with van der Waals surface area (Å²) in [5.41, 5.74) is 7.15. The van der Waals surface area contributed by atoms with Crippen LogP contribution in [0.1, 0.15) is 35.2 Å². The fraction of sp³-hybridized carbons (Fsp3) is 0.312. The van der Waals surface area contributed by atoms with Crippen molar-refractivity contribution in [3.8, 4) is 0 Å². The quantitative estimate of drug-likeness (QED) is 0.931. The second kappa shape index (κ2) is 5.15.